The van der Waals surface area contributed by atoms with Crippen LogP contribution in [0.25, 0.3) is 0 Å². The number of carbonyl (C=O) groups excluding carboxylic acids is 1. The van der Waals surface area contributed by atoms with Gasteiger partial charge in [-0.2, -0.15) is 0 Å². The Labute approximate surface area is 94.4 Å². The van der Waals surface area contributed by atoms with Crippen molar-refractivity contribution >= 4 is 6.29 Å². The van der Waals surface area contributed by atoms with Crippen LogP contribution in [0.15, 0.2) is 24.3 Å². The maximum atomic E-state index is 10.5. The molecule has 0 aromatic heterocycles. The van der Waals surface area contributed by atoms with Gasteiger partial charge in [-0.1, -0.05) is 0 Å². The van der Waals surface area contributed by atoms with E-state index in [1.165, 1.54) is 12.8 Å². The van der Waals surface area contributed by atoms with Crippen LogP contribution in [0.4, 0.5) is 0 Å². The summed E-state index contributed by atoms with van der Waals surface area (Å²) < 4.78 is 11.3. The zero-order chi connectivity index (χ0) is 11.0. The zero-order valence-electron chi connectivity index (χ0n) is 9.02. The smallest absolute Gasteiger partial charge is 0.158 e. The molecule has 0 bridgehead atoms. The minimum Gasteiger partial charge on any atom is -0.482 e. The first-order valence-electron chi connectivity index (χ1n) is 5.64. The third-order valence-corrected chi connectivity index (χ3v) is 3.35. The Balaban J connectivity index is 1.74. The predicted octanol–water partition coefficient (Wildman–Crippen LogP) is 2.06. The fourth-order valence-electron chi connectivity index (χ4n) is 2.14. The summed E-state index contributed by atoms with van der Waals surface area (Å²) in [7, 11) is 0. The van der Waals surface area contributed by atoms with E-state index in [2.05, 4.69) is 0 Å². The van der Waals surface area contributed by atoms with E-state index in [9.17, 15) is 4.79 Å². The van der Waals surface area contributed by atoms with Crippen LogP contribution in [0.5, 0.6) is 5.75 Å². The molecule has 0 unspecified atom stereocenters. The third kappa shape index (κ3) is 1.61. The molecule has 0 atom stereocenters. The van der Waals surface area contributed by atoms with Gasteiger partial charge in [-0.15, -0.1) is 0 Å². The number of rotatable bonds is 4. The minimum absolute atomic E-state index is 0.0807. The highest BCUT2D eigenvalue weighted by Gasteiger charge is 2.53. The number of aldehydes is 1. The third-order valence-electron chi connectivity index (χ3n) is 3.35. The predicted molar refractivity (Wildman–Crippen MR) is 58.7 cm³/mol. The highest BCUT2D eigenvalue weighted by Crippen LogP contribution is 2.46. The van der Waals surface area contributed by atoms with E-state index in [1.807, 2.05) is 12.1 Å². The van der Waals surface area contributed by atoms with E-state index in [1.54, 1.807) is 12.1 Å². The molecule has 0 radical (unpaired) electrons. The largest absolute Gasteiger partial charge is 0.482 e. The van der Waals surface area contributed by atoms with Gasteiger partial charge in [0.25, 0.3) is 0 Å². The van der Waals surface area contributed by atoms with Gasteiger partial charge >= 0.3 is 0 Å². The van der Waals surface area contributed by atoms with Gasteiger partial charge < -0.3 is 9.47 Å². The highest BCUT2D eigenvalue weighted by molar-refractivity contribution is 5.74. The average Bonchev–Trinajstić information content (AvgIpc) is 3.08. The molecule has 0 N–H and O–H groups in total. The molecular weight excluding hydrogens is 204 g/mol. The lowest BCUT2D eigenvalue weighted by molar-refractivity contribution is -0.173. The highest BCUT2D eigenvalue weighted by atomic mass is 16.6. The molecule has 1 aromatic rings. The molecular formula is C13H14O3. The first kappa shape index (κ1) is 9.85. The van der Waals surface area contributed by atoms with Crippen molar-refractivity contribution < 1.29 is 14.3 Å². The van der Waals surface area contributed by atoms with Gasteiger partial charge in [-0.25, -0.2) is 0 Å². The Hall–Kier alpha value is -1.35. The Morgan fingerprint density at radius 1 is 1.25 bits per heavy atom. The number of carbonyl (C=O) groups is 1. The standard InChI is InChI=1S/C13H14O3/c14-7-10-1-5-12(6-2-10)16-13(8-15-9-13)11-3-4-11/h1-2,5-7,11H,3-4,8-9H2. The topological polar surface area (TPSA) is 35.5 Å². The van der Waals surface area contributed by atoms with E-state index < -0.39 is 0 Å². The van der Waals surface area contributed by atoms with E-state index in [4.69, 9.17) is 9.47 Å². The summed E-state index contributed by atoms with van der Waals surface area (Å²) in [6.45, 7) is 1.40. The normalized spacial score (nSPS) is 22.2. The number of hydrogen-bond donors (Lipinski definition) is 0. The molecule has 1 aromatic carbocycles. The van der Waals surface area contributed by atoms with Crippen LogP contribution in [-0.4, -0.2) is 25.1 Å². The Bertz CT molecular complexity index is 388. The molecule has 2 aliphatic rings. The maximum absolute atomic E-state index is 10.5. The summed E-state index contributed by atoms with van der Waals surface area (Å²) in [5, 5.41) is 0. The molecule has 1 saturated heterocycles. The quantitative estimate of drug-likeness (QED) is 0.726. The van der Waals surface area contributed by atoms with Crippen molar-refractivity contribution in [2.24, 2.45) is 5.92 Å². The second-order valence-corrected chi connectivity index (χ2v) is 4.62. The molecule has 3 nitrogen and oxygen atoms in total. The van der Waals surface area contributed by atoms with Crippen LogP contribution < -0.4 is 4.74 Å². The van der Waals surface area contributed by atoms with Gasteiger partial charge in [-0.05, 0) is 37.1 Å². The van der Waals surface area contributed by atoms with Crippen molar-refractivity contribution in [1.29, 1.82) is 0 Å². The fourth-order valence-corrected chi connectivity index (χ4v) is 2.14. The van der Waals surface area contributed by atoms with Crippen molar-refractivity contribution in [1.82, 2.24) is 0 Å². The summed E-state index contributed by atoms with van der Waals surface area (Å²) in [6.07, 6.45) is 3.33. The van der Waals surface area contributed by atoms with Gasteiger partial charge in [0.1, 0.15) is 12.0 Å². The molecule has 1 saturated carbocycles. The van der Waals surface area contributed by atoms with E-state index in [0.717, 1.165) is 12.0 Å². The van der Waals surface area contributed by atoms with Gasteiger partial charge in [0.2, 0.25) is 0 Å². The summed E-state index contributed by atoms with van der Waals surface area (Å²) in [4.78, 5) is 10.5. The lowest BCUT2D eigenvalue weighted by atomic mass is 9.95. The zero-order valence-corrected chi connectivity index (χ0v) is 9.02. The van der Waals surface area contributed by atoms with Gasteiger partial charge in [0, 0.05) is 11.5 Å². The van der Waals surface area contributed by atoms with Crippen molar-refractivity contribution in [3.05, 3.63) is 29.8 Å². The van der Waals surface area contributed by atoms with Crippen molar-refractivity contribution in [3.63, 3.8) is 0 Å². The molecule has 3 rings (SSSR count). The van der Waals surface area contributed by atoms with Crippen molar-refractivity contribution in [2.45, 2.75) is 18.4 Å². The number of benzene rings is 1. The lowest BCUT2D eigenvalue weighted by Gasteiger charge is -2.41. The summed E-state index contributed by atoms with van der Waals surface area (Å²) in [5.41, 5.74) is 0.598. The monoisotopic (exact) mass is 218 g/mol. The van der Waals surface area contributed by atoms with Gasteiger partial charge in [0.05, 0.1) is 13.2 Å². The molecule has 0 amide bonds. The van der Waals surface area contributed by atoms with E-state index >= 15 is 0 Å². The lowest BCUT2D eigenvalue weighted by Crippen LogP contribution is -2.56. The molecule has 3 heteroatoms. The Kier molecular flexibility index (Phi) is 2.21. The average molecular weight is 218 g/mol. The van der Waals surface area contributed by atoms with E-state index in [0.29, 0.717) is 24.7 Å². The SMILES string of the molecule is O=Cc1ccc(OC2(C3CC3)COC2)cc1. The van der Waals surface area contributed by atoms with Crippen LogP contribution in [0, 0.1) is 5.92 Å². The molecule has 1 heterocycles. The summed E-state index contributed by atoms with van der Waals surface area (Å²) in [5.74, 6) is 1.49. The second kappa shape index (κ2) is 3.59. The molecule has 84 valence electrons. The first-order chi connectivity index (χ1) is 7.82. The Morgan fingerprint density at radius 3 is 2.38 bits per heavy atom. The summed E-state index contributed by atoms with van der Waals surface area (Å²) in [6, 6.07) is 7.27. The molecule has 2 fully saturated rings. The van der Waals surface area contributed by atoms with Crippen LogP contribution in [-0.2, 0) is 4.74 Å². The summed E-state index contributed by atoms with van der Waals surface area (Å²) >= 11 is 0. The number of hydrogen-bond acceptors (Lipinski definition) is 3. The number of ether oxygens (including phenoxy) is 2. The fraction of sp³-hybridized carbons (Fsp3) is 0.462. The Morgan fingerprint density at radius 2 is 1.94 bits per heavy atom. The molecule has 1 aliphatic heterocycles. The van der Waals surface area contributed by atoms with Crippen LogP contribution >= 0.6 is 0 Å². The maximum Gasteiger partial charge on any atom is 0.158 e. The van der Waals surface area contributed by atoms with Crippen molar-refractivity contribution in [2.75, 3.05) is 13.2 Å². The first-order valence-corrected chi connectivity index (χ1v) is 5.64. The molecule has 1 aliphatic carbocycles. The van der Waals surface area contributed by atoms with Crippen LogP contribution in [0.2, 0.25) is 0 Å². The van der Waals surface area contributed by atoms with Crippen LogP contribution in [0.3, 0.4) is 0 Å². The van der Waals surface area contributed by atoms with Crippen LogP contribution in [0.1, 0.15) is 23.2 Å². The van der Waals surface area contributed by atoms with Gasteiger partial charge in [-0.3, -0.25) is 4.79 Å². The van der Waals surface area contributed by atoms with E-state index in [-0.39, 0.29) is 5.60 Å². The van der Waals surface area contributed by atoms with Crippen molar-refractivity contribution in [3.8, 4) is 5.75 Å². The minimum atomic E-state index is -0.0807. The molecule has 16 heavy (non-hydrogen) atoms. The second-order valence-electron chi connectivity index (χ2n) is 4.62. The van der Waals surface area contributed by atoms with Gasteiger partial charge in [0.15, 0.2) is 5.60 Å². The molecule has 0 spiro atoms.